The molecule has 24 heavy (non-hydrogen) atoms. The van der Waals surface area contributed by atoms with Crippen LogP contribution in [-0.2, 0) is 17.8 Å². The van der Waals surface area contributed by atoms with Gasteiger partial charge in [0.05, 0.1) is 17.7 Å². The molecule has 0 spiro atoms. The maximum atomic E-state index is 12.0. The van der Waals surface area contributed by atoms with Crippen LogP contribution in [0.5, 0.6) is 0 Å². The van der Waals surface area contributed by atoms with E-state index < -0.39 is 0 Å². The Hall–Kier alpha value is -2.58. The van der Waals surface area contributed by atoms with E-state index in [0.717, 1.165) is 5.56 Å². The normalized spacial score (nSPS) is 10.3. The smallest absolute Gasteiger partial charge is 0.258 e. The van der Waals surface area contributed by atoms with Gasteiger partial charge in [0.25, 0.3) is 5.91 Å². The zero-order valence-electron chi connectivity index (χ0n) is 12.6. The minimum atomic E-state index is -0.196. The number of anilines is 1. The van der Waals surface area contributed by atoms with Crippen LogP contribution in [0.25, 0.3) is 0 Å². The molecule has 3 heterocycles. The predicted octanol–water partition coefficient (Wildman–Crippen LogP) is 2.71. The fourth-order valence-electron chi connectivity index (χ4n) is 1.94. The number of rotatable bonds is 6. The molecule has 2 N–H and O–H groups in total. The standard InChI is InChI=1S/C16H14N4O2S2/c21-14(18-8-11-2-1-4-17-7-11)6-13-10-24-16(19-13)20-15(22)12-3-5-23-9-12/h1-5,7,9-10H,6,8H2,(H,18,21)(H,19,20,22). The first-order valence-electron chi connectivity index (χ1n) is 7.14. The molecule has 2 amide bonds. The topological polar surface area (TPSA) is 84.0 Å². The third-order valence-corrected chi connectivity index (χ3v) is 4.60. The second-order valence-electron chi connectivity index (χ2n) is 4.92. The first-order chi connectivity index (χ1) is 11.7. The fourth-order valence-corrected chi connectivity index (χ4v) is 3.28. The highest BCUT2D eigenvalue weighted by Crippen LogP contribution is 2.17. The van der Waals surface area contributed by atoms with Gasteiger partial charge in [0.1, 0.15) is 0 Å². The van der Waals surface area contributed by atoms with Crippen LogP contribution in [0.4, 0.5) is 5.13 Å². The number of amides is 2. The third kappa shape index (κ3) is 4.46. The van der Waals surface area contributed by atoms with Gasteiger partial charge in [-0.05, 0) is 23.1 Å². The average Bonchev–Trinajstić information content (AvgIpc) is 3.26. The first-order valence-corrected chi connectivity index (χ1v) is 8.96. The predicted molar refractivity (Wildman–Crippen MR) is 94.2 cm³/mol. The molecule has 0 aliphatic heterocycles. The minimum Gasteiger partial charge on any atom is -0.352 e. The maximum Gasteiger partial charge on any atom is 0.258 e. The van der Waals surface area contributed by atoms with Gasteiger partial charge in [-0.1, -0.05) is 6.07 Å². The number of thiophene rings is 1. The van der Waals surface area contributed by atoms with E-state index in [4.69, 9.17) is 0 Å². The molecule has 0 unspecified atom stereocenters. The molecule has 3 aromatic heterocycles. The van der Waals surface area contributed by atoms with Crippen LogP contribution in [0.3, 0.4) is 0 Å². The maximum absolute atomic E-state index is 12.0. The third-order valence-electron chi connectivity index (χ3n) is 3.11. The number of pyridine rings is 1. The number of nitrogens with zero attached hydrogens (tertiary/aromatic N) is 2. The quantitative estimate of drug-likeness (QED) is 0.710. The van der Waals surface area contributed by atoms with Crippen molar-refractivity contribution in [2.75, 3.05) is 5.32 Å². The van der Waals surface area contributed by atoms with E-state index in [-0.39, 0.29) is 18.2 Å². The summed E-state index contributed by atoms with van der Waals surface area (Å²) in [5, 5.41) is 11.4. The molecule has 0 bridgehead atoms. The number of thiazole rings is 1. The number of hydrogen-bond acceptors (Lipinski definition) is 6. The van der Waals surface area contributed by atoms with Crippen molar-refractivity contribution in [1.29, 1.82) is 0 Å². The van der Waals surface area contributed by atoms with E-state index in [2.05, 4.69) is 20.6 Å². The van der Waals surface area contributed by atoms with Gasteiger partial charge < -0.3 is 5.32 Å². The zero-order valence-corrected chi connectivity index (χ0v) is 14.2. The molecule has 0 aromatic carbocycles. The Balaban J connectivity index is 1.50. The summed E-state index contributed by atoms with van der Waals surface area (Å²) in [7, 11) is 0. The molecule has 0 atom stereocenters. The largest absolute Gasteiger partial charge is 0.352 e. The summed E-state index contributed by atoms with van der Waals surface area (Å²) in [6.07, 6.45) is 3.57. The Kier molecular flexibility index (Phi) is 5.29. The lowest BCUT2D eigenvalue weighted by molar-refractivity contribution is -0.120. The SMILES string of the molecule is O=C(Cc1csc(NC(=O)c2ccsc2)n1)NCc1cccnc1. The molecule has 0 fully saturated rings. The fraction of sp³-hybridized carbons (Fsp3) is 0.125. The lowest BCUT2D eigenvalue weighted by atomic mass is 10.2. The molecule has 0 aliphatic rings. The summed E-state index contributed by atoms with van der Waals surface area (Å²) < 4.78 is 0. The molecular formula is C16H14N4O2S2. The molecule has 0 radical (unpaired) electrons. The van der Waals surface area contributed by atoms with Gasteiger partial charge in [-0.15, -0.1) is 11.3 Å². The molecule has 122 valence electrons. The van der Waals surface area contributed by atoms with Gasteiger partial charge in [0.15, 0.2) is 5.13 Å². The highest BCUT2D eigenvalue weighted by molar-refractivity contribution is 7.14. The second-order valence-corrected chi connectivity index (χ2v) is 6.56. The van der Waals surface area contributed by atoms with E-state index >= 15 is 0 Å². The molecule has 3 rings (SSSR count). The number of carbonyl (C=O) groups excluding carboxylic acids is 2. The van der Waals surface area contributed by atoms with E-state index in [1.54, 1.807) is 29.2 Å². The summed E-state index contributed by atoms with van der Waals surface area (Å²) in [5.74, 6) is -0.321. The summed E-state index contributed by atoms with van der Waals surface area (Å²) >= 11 is 2.76. The lowest BCUT2D eigenvalue weighted by Gasteiger charge is -2.03. The summed E-state index contributed by atoms with van der Waals surface area (Å²) in [6.45, 7) is 0.429. The number of aromatic nitrogens is 2. The Morgan fingerprint density at radius 3 is 2.88 bits per heavy atom. The van der Waals surface area contributed by atoms with E-state index in [9.17, 15) is 9.59 Å². The van der Waals surface area contributed by atoms with Crippen LogP contribution in [0.15, 0.2) is 46.7 Å². The van der Waals surface area contributed by atoms with Crippen molar-refractivity contribution in [1.82, 2.24) is 15.3 Å². The number of hydrogen-bond donors (Lipinski definition) is 2. The molecule has 0 saturated heterocycles. The van der Waals surface area contributed by atoms with E-state index in [1.807, 2.05) is 17.5 Å². The van der Waals surface area contributed by atoms with Crippen LogP contribution in [0.1, 0.15) is 21.6 Å². The monoisotopic (exact) mass is 358 g/mol. The Bertz CT molecular complexity index is 816. The average molecular weight is 358 g/mol. The molecule has 6 nitrogen and oxygen atoms in total. The van der Waals surface area contributed by atoms with Crippen LogP contribution in [0.2, 0.25) is 0 Å². The molecule has 0 aliphatic carbocycles. The Morgan fingerprint density at radius 1 is 1.21 bits per heavy atom. The van der Waals surface area contributed by atoms with E-state index in [0.29, 0.717) is 22.9 Å². The van der Waals surface area contributed by atoms with Crippen molar-refractivity contribution >= 4 is 39.6 Å². The molecule has 3 aromatic rings. The summed E-state index contributed by atoms with van der Waals surface area (Å²) in [4.78, 5) is 32.2. The van der Waals surface area contributed by atoms with Gasteiger partial charge in [-0.25, -0.2) is 4.98 Å². The molecule has 0 saturated carbocycles. The zero-order chi connectivity index (χ0) is 16.8. The highest BCUT2D eigenvalue weighted by atomic mass is 32.1. The van der Waals surface area contributed by atoms with Gasteiger partial charge in [-0.3, -0.25) is 19.9 Å². The Labute approximate surface area is 146 Å². The molecule has 8 heteroatoms. The van der Waals surface area contributed by atoms with Crippen LogP contribution >= 0.6 is 22.7 Å². The van der Waals surface area contributed by atoms with Crippen molar-refractivity contribution in [3.8, 4) is 0 Å². The highest BCUT2D eigenvalue weighted by Gasteiger charge is 2.11. The summed E-state index contributed by atoms with van der Waals surface area (Å²) in [6, 6.07) is 5.47. The van der Waals surface area contributed by atoms with Crippen molar-refractivity contribution in [3.05, 3.63) is 63.6 Å². The van der Waals surface area contributed by atoms with Crippen molar-refractivity contribution in [2.24, 2.45) is 0 Å². The van der Waals surface area contributed by atoms with Crippen molar-refractivity contribution in [3.63, 3.8) is 0 Å². The van der Waals surface area contributed by atoms with Gasteiger partial charge in [0, 0.05) is 29.7 Å². The number of carbonyl (C=O) groups is 2. The van der Waals surface area contributed by atoms with Gasteiger partial charge in [0.2, 0.25) is 5.91 Å². The van der Waals surface area contributed by atoms with Crippen LogP contribution in [0, 0.1) is 0 Å². The van der Waals surface area contributed by atoms with Crippen LogP contribution in [-0.4, -0.2) is 21.8 Å². The summed E-state index contributed by atoms with van der Waals surface area (Å²) in [5.41, 5.74) is 2.17. The minimum absolute atomic E-state index is 0.125. The van der Waals surface area contributed by atoms with Crippen molar-refractivity contribution in [2.45, 2.75) is 13.0 Å². The van der Waals surface area contributed by atoms with Gasteiger partial charge in [-0.2, -0.15) is 11.3 Å². The molecular weight excluding hydrogens is 344 g/mol. The lowest BCUT2D eigenvalue weighted by Crippen LogP contribution is -2.24. The Morgan fingerprint density at radius 2 is 2.12 bits per heavy atom. The number of nitrogens with one attached hydrogen (secondary N) is 2. The van der Waals surface area contributed by atoms with Crippen molar-refractivity contribution < 1.29 is 9.59 Å². The second kappa shape index (κ2) is 7.80. The van der Waals surface area contributed by atoms with Crippen LogP contribution < -0.4 is 10.6 Å². The van der Waals surface area contributed by atoms with Gasteiger partial charge >= 0.3 is 0 Å². The first kappa shape index (κ1) is 16.3. The van der Waals surface area contributed by atoms with E-state index in [1.165, 1.54) is 22.7 Å².